The van der Waals surface area contributed by atoms with Crippen LogP contribution in [0.25, 0.3) is 6.08 Å². The van der Waals surface area contributed by atoms with Gasteiger partial charge in [0.05, 0.1) is 7.11 Å². The third-order valence-corrected chi connectivity index (χ3v) is 2.12. The summed E-state index contributed by atoms with van der Waals surface area (Å²) in [4.78, 5) is 15.1. The third-order valence-electron chi connectivity index (χ3n) is 1.33. The van der Waals surface area contributed by atoms with Crippen molar-refractivity contribution >= 4 is 23.4 Å². The predicted molar refractivity (Wildman–Crippen MR) is 52.8 cm³/mol. The van der Waals surface area contributed by atoms with Crippen molar-refractivity contribution in [2.45, 2.75) is 13.8 Å². The van der Waals surface area contributed by atoms with E-state index in [4.69, 9.17) is 0 Å². The van der Waals surface area contributed by atoms with E-state index in [1.807, 2.05) is 19.9 Å². The number of esters is 1. The lowest BCUT2D eigenvalue weighted by Crippen LogP contribution is -2.00. The number of carbonyl (C=O) groups excluding carboxylic acids is 1. The zero-order valence-electron chi connectivity index (χ0n) is 7.83. The predicted octanol–water partition coefficient (Wildman–Crippen LogP) is 2.35. The summed E-state index contributed by atoms with van der Waals surface area (Å²) in [5.41, 5.74) is 1.53. The molecular formula is C9H11NO2S. The lowest BCUT2D eigenvalue weighted by Gasteiger charge is -1.90. The number of methoxy groups -OCH3 is 1. The summed E-state index contributed by atoms with van der Waals surface area (Å²) in [6.07, 6.45) is 1.93. The maximum atomic E-state index is 11.0. The molecule has 0 aliphatic heterocycles. The summed E-state index contributed by atoms with van der Waals surface area (Å²) in [7, 11) is 1.35. The van der Waals surface area contributed by atoms with Crippen LogP contribution >= 0.6 is 11.3 Å². The van der Waals surface area contributed by atoms with Crippen molar-refractivity contribution in [2.24, 2.45) is 0 Å². The Morgan fingerprint density at radius 1 is 1.62 bits per heavy atom. The quantitative estimate of drug-likeness (QED) is 0.683. The second-order valence-corrected chi connectivity index (χ2v) is 3.67. The van der Waals surface area contributed by atoms with Crippen molar-refractivity contribution in [2.75, 3.05) is 7.11 Å². The molecule has 0 N–H and O–H groups in total. The van der Waals surface area contributed by atoms with Gasteiger partial charge in [0.25, 0.3) is 0 Å². The summed E-state index contributed by atoms with van der Waals surface area (Å²) >= 11 is 1.43. The van der Waals surface area contributed by atoms with Crippen molar-refractivity contribution in [1.82, 2.24) is 4.98 Å². The molecule has 0 atom stereocenters. The fourth-order valence-corrected chi connectivity index (χ4v) is 1.64. The molecule has 0 radical (unpaired) electrons. The lowest BCUT2D eigenvalue weighted by molar-refractivity contribution is 0.0595. The van der Waals surface area contributed by atoms with E-state index in [0.717, 1.165) is 10.6 Å². The first kappa shape index (κ1) is 9.92. The molecule has 1 aromatic heterocycles. The largest absolute Gasteiger partial charge is 0.464 e. The first-order valence-corrected chi connectivity index (χ1v) is 4.70. The number of carbonyl (C=O) groups is 1. The van der Waals surface area contributed by atoms with Gasteiger partial charge >= 0.3 is 5.97 Å². The van der Waals surface area contributed by atoms with Crippen LogP contribution in [0.3, 0.4) is 0 Å². The highest BCUT2D eigenvalue weighted by Crippen LogP contribution is 2.13. The Labute approximate surface area is 81.1 Å². The van der Waals surface area contributed by atoms with Gasteiger partial charge < -0.3 is 4.74 Å². The topological polar surface area (TPSA) is 39.2 Å². The van der Waals surface area contributed by atoms with E-state index in [1.54, 1.807) is 5.38 Å². The van der Waals surface area contributed by atoms with Gasteiger partial charge in [-0.25, -0.2) is 9.78 Å². The van der Waals surface area contributed by atoms with Crippen LogP contribution in [0.4, 0.5) is 0 Å². The Morgan fingerprint density at radius 2 is 2.31 bits per heavy atom. The number of hydrogen-bond acceptors (Lipinski definition) is 4. The van der Waals surface area contributed by atoms with Crippen molar-refractivity contribution in [3.63, 3.8) is 0 Å². The second kappa shape index (κ2) is 4.18. The van der Waals surface area contributed by atoms with Crippen LogP contribution < -0.4 is 0 Å². The van der Waals surface area contributed by atoms with Gasteiger partial charge in [-0.15, -0.1) is 11.3 Å². The minimum Gasteiger partial charge on any atom is -0.464 e. The molecule has 0 aromatic carbocycles. The van der Waals surface area contributed by atoms with E-state index in [2.05, 4.69) is 9.72 Å². The molecule has 0 unspecified atom stereocenters. The lowest BCUT2D eigenvalue weighted by atomic mass is 10.3. The molecule has 0 spiro atoms. The first-order valence-electron chi connectivity index (χ1n) is 3.82. The van der Waals surface area contributed by atoms with E-state index in [9.17, 15) is 4.79 Å². The van der Waals surface area contributed by atoms with Crippen molar-refractivity contribution in [3.8, 4) is 0 Å². The summed E-state index contributed by atoms with van der Waals surface area (Å²) in [6, 6.07) is 0. The zero-order valence-corrected chi connectivity index (χ0v) is 8.64. The molecule has 1 heterocycles. The van der Waals surface area contributed by atoms with Crippen molar-refractivity contribution in [1.29, 1.82) is 0 Å². The smallest absolute Gasteiger partial charge is 0.357 e. The minimum absolute atomic E-state index is 0.375. The fraction of sp³-hybridized carbons (Fsp3) is 0.333. The van der Waals surface area contributed by atoms with Crippen LogP contribution in [0.5, 0.6) is 0 Å². The van der Waals surface area contributed by atoms with Gasteiger partial charge in [-0.05, 0) is 19.9 Å². The van der Waals surface area contributed by atoms with Crippen molar-refractivity contribution < 1.29 is 9.53 Å². The molecule has 3 nitrogen and oxygen atoms in total. The standard InChI is InChI=1S/C9H11NO2S/c1-6(2)4-8-10-7(5-13-8)9(11)12-3/h4-5H,1-3H3. The number of ether oxygens (including phenoxy) is 1. The van der Waals surface area contributed by atoms with Gasteiger partial charge in [0.2, 0.25) is 0 Å². The molecule has 4 heteroatoms. The molecule has 1 aromatic rings. The Bertz CT molecular complexity index is 337. The highest BCUT2D eigenvalue weighted by atomic mass is 32.1. The summed E-state index contributed by atoms with van der Waals surface area (Å²) in [6.45, 7) is 3.97. The molecule has 70 valence electrons. The molecule has 0 aliphatic carbocycles. The molecule has 0 aliphatic rings. The van der Waals surface area contributed by atoms with E-state index >= 15 is 0 Å². The van der Waals surface area contributed by atoms with Crippen LogP contribution in [0.15, 0.2) is 11.0 Å². The summed E-state index contributed by atoms with van der Waals surface area (Å²) in [5.74, 6) is -0.385. The fourth-order valence-electron chi connectivity index (χ4n) is 0.799. The SMILES string of the molecule is COC(=O)c1csc(C=C(C)C)n1. The molecule has 0 fully saturated rings. The third kappa shape index (κ3) is 2.66. The van der Waals surface area contributed by atoms with Gasteiger partial charge in [-0.3, -0.25) is 0 Å². The highest BCUT2D eigenvalue weighted by molar-refractivity contribution is 7.10. The van der Waals surface area contributed by atoms with Gasteiger partial charge in [0.15, 0.2) is 5.69 Å². The average Bonchev–Trinajstić information content (AvgIpc) is 2.50. The number of hydrogen-bond donors (Lipinski definition) is 0. The number of aromatic nitrogens is 1. The second-order valence-electron chi connectivity index (χ2n) is 2.78. The minimum atomic E-state index is -0.385. The van der Waals surface area contributed by atoms with Crippen LogP contribution in [0, 0.1) is 0 Å². The number of thiazole rings is 1. The van der Waals surface area contributed by atoms with Crippen LogP contribution in [0.1, 0.15) is 29.3 Å². The van der Waals surface area contributed by atoms with E-state index < -0.39 is 0 Å². The molecule has 0 saturated heterocycles. The Balaban J connectivity index is 2.87. The summed E-state index contributed by atoms with van der Waals surface area (Å²) < 4.78 is 4.54. The van der Waals surface area contributed by atoms with Crippen LogP contribution in [-0.2, 0) is 4.74 Å². The zero-order chi connectivity index (χ0) is 9.84. The van der Waals surface area contributed by atoms with E-state index in [0.29, 0.717) is 5.69 Å². The summed E-state index contributed by atoms with van der Waals surface area (Å²) in [5, 5.41) is 2.53. The molecular weight excluding hydrogens is 186 g/mol. The van der Waals surface area contributed by atoms with E-state index in [1.165, 1.54) is 18.4 Å². The van der Waals surface area contributed by atoms with Crippen molar-refractivity contribution in [3.05, 3.63) is 21.7 Å². The highest BCUT2D eigenvalue weighted by Gasteiger charge is 2.08. The Kier molecular flexibility index (Phi) is 3.19. The number of rotatable bonds is 2. The van der Waals surface area contributed by atoms with Crippen LogP contribution in [-0.4, -0.2) is 18.1 Å². The van der Waals surface area contributed by atoms with Gasteiger partial charge in [0, 0.05) is 5.38 Å². The Morgan fingerprint density at radius 3 is 2.85 bits per heavy atom. The van der Waals surface area contributed by atoms with Crippen LogP contribution in [0.2, 0.25) is 0 Å². The molecule has 1 rings (SSSR count). The number of allylic oxidation sites excluding steroid dienone is 1. The van der Waals surface area contributed by atoms with Gasteiger partial charge in [0.1, 0.15) is 5.01 Å². The number of nitrogens with zero attached hydrogens (tertiary/aromatic N) is 1. The molecule has 13 heavy (non-hydrogen) atoms. The van der Waals surface area contributed by atoms with E-state index in [-0.39, 0.29) is 5.97 Å². The normalized spacial score (nSPS) is 9.46. The Hall–Kier alpha value is -1.16. The first-order chi connectivity index (χ1) is 6.13. The average molecular weight is 197 g/mol. The molecule has 0 amide bonds. The van der Waals surface area contributed by atoms with Gasteiger partial charge in [-0.2, -0.15) is 0 Å². The monoisotopic (exact) mass is 197 g/mol. The molecule has 0 saturated carbocycles. The maximum absolute atomic E-state index is 11.0. The molecule has 0 bridgehead atoms. The van der Waals surface area contributed by atoms with Gasteiger partial charge in [-0.1, -0.05) is 5.57 Å². The maximum Gasteiger partial charge on any atom is 0.357 e.